The first-order valence-corrected chi connectivity index (χ1v) is 5.90. The third-order valence-electron chi connectivity index (χ3n) is 2.61. The van der Waals surface area contributed by atoms with Crippen LogP contribution in [0, 0.1) is 0 Å². The van der Waals surface area contributed by atoms with Gasteiger partial charge in [-0.15, -0.1) is 0 Å². The van der Waals surface area contributed by atoms with Crippen molar-refractivity contribution in [2.24, 2.45) is 0 Å². The van der Waals surface area contributed by atoms with Crippen LogP contribution in [-0.4, -0.2) is 30.0 Å². The van der Waals surface area contributed by atoms with Gasteiger partial charge in [0.05, 0.1) is 20.0 Å². The van der Waals surface area contributed by atoms with Gasteiger partial charge in [0.15, 0.2) is 0 Å². The molecule has 18 heavy (non-hydrogen) atoms. The highest BCUT2D eigenvalue weighted by Crippen LogP contribution is 2.02. The smallest absolute Gasteiger partial charge is 0.307 e. The van der Waals surface area contributed by atoms with Crippen LogP contribution in [0.3, 0.4) is 0 Å². The number of aromatic nitrogens is 1. The average Bonchev–Trinajstić information content (AvgIpc) is 2.38. The van der Waals surface area contributed by atoms with E-state index >= 15 is 0 Å². The van der Waals surface area contributed by atoms with Crippen molar-refractivity contribution >= 4 is 11.9 Å². The molecule has 5 nitrogen and oxygen atoms in total. The fourth-order valence-electron chi connectivity index (χ4n) is 1.55. The van der Waals surface area contributed by atoms with Gasteiger partial charge >= 0.3 is 5.97 Å². The van der Waals surface area contributed by atoms with Crippen molar-refractivity contribution in [3.8, 4) is 0 Å². The highest BCUT2D eigenvalue weighted by molar-refractivity contribution is 5.79. The SMILES string of the molecule is CCC(CC(=O)OC)NC(=O)Cc1ccncc1. The average molecular weight is 250 g/mol. The first-order valence-electron chi connectivity index (χ1n) is 5.90. The third-order valence-corrected chi connectivity index (χ3v) is 2.61. The van der Waals surface area contributed by atoms with Gasteiger partial charge in [0.2, 0.25) is 5.91 Å². The van der Waals surface area contributed by atoms with Gasteiger partial charge in [0.1, 0.15) is 0 Å². The molecule has 1 N–H and O–H groups in total. The summed E-state index contributed by atoms with van der Waals surface area (Å²) in [5.41, 5.74) is 0.899. The minimum absolute atomic E-state index is 0.100. The van der Waals surface area contributed by atoms with Crippen LogP contribution < -0.4 is 5.32 Å². The van der Waals surface area contributed by atoms with E-state index in [4.69, 9.17) is 0 Å². The van der Waals surface area contributed by atoms with Gasteiger partial charge in [-0.2, -0.15) is 0 Å². The van der Waals surface area contributed by atoms with Crippen LogP contribution in [0.25, 0.3) is 0 Å². The number of esters is 1. The number of methoxy groups -OCH3 is 1. The van der Waals surface area contributed by atoms with Crippen LogP contribution in [0.5, 0.6) is 0 Å². The lowest BCUT2D eigenvalue weighted by atomic mass is 10.1. The van der Waals surface area contributed by atoms with Crippen LogP contribution >= 0.6 is 0 Å². The minimum Gasteiger partial charge on any atom is -0.469 e. The zero-order chi connectivity index (χ0) is 13.4. The number of nitrogens with zero attached hydrogens (tertiary/aromatic N) is 1. The fourth-order valence-corrected chi connectivity index (χ4v) is 1.55. The second-order valence-corrected chi connectivity index (χ2v) is 3.99. The highest BCUT2D eigenvalue weighted by Gasteiger charge is 2.15. The quantitative estimate of drug-likeness (QED) is 0.767. The summed E-state index contributed by atoms with van der Waals surface area (Å²) in [5.74, 6) is -0.414. The zero-order valence-corrected chi connectivity index (χ0v) is 10.7. The van der Waals surface area contributed by atoms with Gasteiger partial charge in [-0.05, 0) is 24.1 Å². The summed E-state index contributed by atoms with van der Waals surface area (Å²) in [6.45, 7) is 1.92. The summed E-state index contributed by atoms with van der Waals surface area (Å²) in [4.78, 5) is 26.8. The monoisotopic (exact) mass is 250 g/mol. The van der Waals surface area contributed by atoms with Crippen molar-refractivity contribution in [2.45, 2.75) is 32.2 Å². The molecule has 0 bridgehead atoms. The topological polar surface area (TPSA) is 68.3 Å². The van der Waals surface area contributed by atoms with Crippen molar-refractivity contribution < 1.29 is 14.3 Å². The molecule has 1 aromatic rings. The fraction of sp³-hybridized carbons (Fsp3) is 0.462. The molecule has 0 spiro atoms. The first kappa shape index (κ1) is 14.2. The van der Waals surface area contributed by atoms with E-state index in [1.807, 2.05) is 6.92 Å². The maximum atomic E-state index is 11.8. The number of hydrogen-bond acceptors (Lipinski definition) is 4. The molecule has 1 atom stereocenters. The Balaban J connectivity index is 2.45. The lowest BCUT2D eigenvalue weighted by Crippen LogP contribution is -2.37. The van der Waals surface area contributed by atoms with Crippen molar-refractivity contribution in [2.75, 3.05) is 7.11 Å². The molecule has 0 aromatic carbocycles. The lowest BCUT2D eigenvalue weighted by Gasteiger charge is -2.15. The van der Waals surface area contributed by atoms with E-state index in [9.17, 15) is 9.59 Å². The maximum absolute atomic E-state index is 11.8. The zero-order valence-electron chi connectivity index (χ0n) is 10.7. The van der Waals surface area contributed by atoms with Crippen LogP contribution in [0.2, 0.25) is 0 Å². The molecule has 0 saturated heterocycles. The van der Waals surface area contributed by atoms with Gasteiger partial charge in [-0.3, -0.25) is 14.6 Å². The van der Waals surface area contributed by atoms with E-state index in [1.54, 1.807) is 24.5 Å². The first-order chi connectivity index (χ1) is 8.65. The van der Waals surface area contributed by atoms with Gasteiger partial charge in [-0.1, -0.05) is 6.92 Å². The molecular weight excluding hydrogens is 232 g/mol. The molecular formula is C13H18N2O3. The Labute approximate surface area is 107 Å². The molecule has 0 aliphatic rings. The summed E-state index contributed by atoms with van der Waals surface area (Å²) in [5, 5.41) is 2.82. The van der Waals surface area contributed by atoms with E-state index in [-0.39, 0.29) is 24.3 Å². The maximum Gasteiger partial charge on any atom is 0.307 e. The second-order valence-electron chi connectivity index (χ2n) is 3.99. The van der Waals surface area contributed by atoms with E-state index < -0.39 is 0 Å². The molecule has 1 aromatic heterocycles. The van der Waals surface area contributed by atoms with Gasteiger partial charge < -0.3 is 10.1 Å². The molecule has 0 aliphatic carbocycles. The van der Waals surface area contributed by atoms with Gasteiger partial charge in [0, 0.05) is 18.4 Å². The Morgan fingerprint density at radius 2 is 2.06 bits per heavy atom. The van der Waals surface area contributed by atoms with Crippen molar-refractivity contribution in [1.29, 1.82) is 0 Å². The summed E-state index contributed by atoms with van der Waals surface area (Å²) in [7, 11) is 1.34. The number of rotatable bonds is 6. The molecule has 98 valence electrons. The molecule has 5 heteroatoms. The largest absolute Gasteiger partial charge is 0.469 e. The Hall–Kier alpha value is -1.91. The van der Waals surface area contributed by atoms with Crippen LogP contribution in [-0.2, 0) is 20.7 Å². The number of nitrogens with one attached hydrogen (secondary N) is 1. The van der Waals surface area contributed by atoms with E-state index in [1.165, 1.54) is 7.11 Å². The standard InChI is InChI=1S/C13H18N2O3/c1-3-11(9-13(17)18-2)15-12(16)8-10-4-6-14-7-5-10/h4-7,11H,3,8-9H2,1-2H3,(H,15,16). The number of ether oxygens (including phenoxy) is 1. The van der Waals surface area contributed by atoms with Crippen molar-refractivity contribution in [3.05, 3.63) is 30.1 Å². The van der Waals surface area contributed by atoms with Crippen molar-refractivity contribution in [3.63, 3.8) is 0 Å². The number of carbonyl (C=O) groups excluding carboxylic acids is 2. The highest BCUT2D eigenvalue weighted by atomic mass is 16.5. The van der Waals surface area contributed by atoms with E-state index in [0.29, 0.717) is 12.8 Å². The third kappa shape index (κ3) is 4.95. The summed E-state index contributed by atoms with van der Waals surface area (Å²) < 4.78 is 4.58. The summed E-state index contributed by atoms with van der Waals surface area (Å²) in [6, 6.07) is 3.41. The molecule has 0 saturated carbocycles. The molecule has 1 rings (SSSR count). The van der Waals surface area contributed by atoms with Crippen molar-refractivity contribution in [1.82, 2.24) is 10.3 Å². The number of hydrogen-bond donors (Lipinski definition) is 1. The molecule has 1 amide bonds. The molecule has 0 fully saturated rings. The Bertz CT molecular complexity index is 392. The molecule has 1 heterocycles. The normalized spacial score (nSPS) is 11.7. The Kier molecular flexibility index (Phi) is 5.84. The Morgan fingerprint density at radius 3 is 2.61 bits per heavy atom. The number of amides is 1. The molecule has 0 aliphatic heterocycles. The minimum atomic E-state index is -0.314. The number of carbonyl (C=O) groups is 2. The van der Waals surface area contributed by atoms with Crippen LogP contribution in [0.4, 0.5) is 0 Å². The van der Waals surface area contributed by atoms with Gasteiger partial charge in [-0.25, -0.2) is 0 Å². The Morgan fingerprint density at radius 1 is 1.39 bits per heavy atom. The predicted octanol–water partition coefficient (Wildman–Crippen LogP) is 1.08. The predicted molar refractivity (Wildman–Crippen MR) is 66.8 cm³/mol. The summed E-state index contributed by atoms with van der Waals surface area (Å²) in [6.07, 6.45) is 4.48. The molecule has 0 radical (unpaired) electrons. The lowest BCUT2D eigenvalue weighted by molar-refractivity contribution is -0.141. The van der Waals surface area contributed by atoms with E-state index in [0.717, 1.165) is 5.56 Å². The second kappa shape index (κ2) is 7.42. The van der Waals surface area contributed by atoms with Crippen LogP contribution in [0.15, 0.2) is 24.5 Å². The van der Waals surface area contributed by atoms with Crippen LogP contribution in [0.1, 0.15) is 25.3 Å². The van der Waals surface area contributed by atoms with Gasteiger partial charge in [0.25, 0.3) is 0 Å². The molecule has 1 unspecified atom stereocenters. The van der Waals surface area contributed by atoms with E-state index in [2.05, 4.69) is 15.0 Å². The summed E-state index contributed by atoms with van der Waals surface area (Å²) >= 11 is 0. The number of pyridine rings is 1.